The second-order valence-electron chi connectivity index (χ2n) is 4.40. The van der Waals surface area contributed by atoms with Crippen LogP contribution in [0.4, 0.5) is 18.9 Å². The number of nitriles is 1. The number of nitrogens with zero attached hydrogens (tertiary/aromatic N) is 3. The minimum Gasteiger partial charge on any atom is -0.405 e. The molecule has 0 atom stereocenters. The number of nitrogens with one attached hydrogen (secondary N) is 1. The fraction of sp³-hybridized carbons (Fsp3) is 0.154. The zero-order chi connectivity index (χ0) is 18.8. The van der Waals surface area contributed by atoms with Crippen LogP contribution in [-0.2, 0) is 0 Å². The highest BCUT2D eigenvalue weighted by Gasteiger charge is 2.33. The van der Waals surface area contributed by atoms with Crippen LogP contribution in [0.25, 0.3) is 11.3 Å². The molecule has 0 saturated heterocycles. The second-order valence-corrected chi connectivity index (χ2v) is 5.19. The Morgan fingerprint density at radius 3 is 2.64 bits per heavy atom. The number of hydrogen-bond acceptors (Lipinski definition) is 7. The van der Waals surface area contributed by atoms with E-state index in [1.54, 1.807) is 0 Å². The zero-order valence-electron chi connectivity index (χ0n) is 12.2. The summed E-state index contributed by atoms with van der Waals surface area (Å²) in [5, 5.41) is 20.0. The van der Waals surface area contributed by atoms with Gasteiger partial charge in [-0.15, -0.1) is 13.2 Å². The largest absolute Gasteiger partial charge is 0.573 e. The normalized spacial score (nSPS) is 11.0. The molecule has 1 N–H and O–H groups in total. The molecule has 8 nitrogen and oxygen atoms in total. The van der Waals surface area contributed by atoms with Gasteiger partial charge in [0.2, 0.25) is 0 Å². The Bertz CT molecular complexity index is 936. The topological polar surface area (TPSA) is 122 Å². The third-order valence-electron chi connectivity index (χ3n) is 2.86. The van der Waals surface area contributed by atoms with Gasteiger partial charge in [0.1, 0.15) is 23.1 Å². The van der Waals surface area contributed by atoms with Crippen molar-refractivity contribution in [2.75, 3.05) is 6.26 Å². The molecule has 0 bridgehead atoms. The van der Waals surface area contributed by atoms with Crippen LogP contribution in [0.2, 0.25) is 0 Å². The van der Waals surface area contributed by atoms with Gasteiger partial charge in [0.05, 0.1) is 10.5 Å². The first-order valence-electron chi connectivity index (χ1n) is 6.29. The molecule has 2 rings (SSSR count). The molecule has 1 heterocycles. The molecule has 0 aliphatic heterocycles. The van der Waals surface area contributed by atoms with Crippen molar-refractivity contribution in [2.24, 2.45) is 0 Å². The van der Waals surface area contributed by atoms with E-state index in [4.69, 9.17) is 5.26 Å². The maximum atomic E-state index is 12.6. The summed E-state index contributed by atoms with van der Waals surface area (Å²) >= 11 is 0.968. The average molecular weight is 372 g/mol. The Kier molecular flexibility index (Phi) is 4.98. The first-order valence-corrected chi connectivity index (χ1v) is 7.51. The molecule has 0 fully saturated rings. The molecule has 0 spiro atoms. The van der Waals surface area contributed by atoms with E-state index in [0.717, 1.165) is 30.0 Å². The molecule has 0 aliphatic rings. The number of aromatic amines is 1. The Balaban J connectivity index is 2.82. The van der Waals surface area contributed by atoms with E-state index in [2.05, 4.69) is 14.7 Å². The number of thioether (sulfide) groups is 1. The lowest BCUT2D eigenvalue weighted by molar-refractivity contribution is -0.384. The summed E-state index contributed by atoms with van der Waals surface area (Å²) in [6.45, 7) is 0. The number of nitro benzene ring substituents is 1. The van der Waals surface area contributed by atoms with Crippen molar-refractivity contribution in [1.29, 1.82) is 5.26 Å². The van der Waals surface area contributed by atoms with Crippen molar-refractivity contribution >= 4 is 17.4 Å². The van der Waals surface area contributed by atoms with Crippen molar-refractivity contribution in [1.82, 2.24) is 9.97 Å². The third-order valence-corrected chi connectivity index (χ3v) is 3.44. The van der Waals surface area contributed by atoms with Gasteiger partial charge in [-0.2, -0.15) is 5.26 Å². The van der Waals surface area contributed by atoms with E-state index in [1.165, 1.54) is 12.3 Å². The molecule has 2 aromatic rings. The lowest BCUT2D eigenvalue weighted by Gasteiger charge is -2.13. The van der Waals surface area contributed by atoms with Gasteiger partial charge in [-0.05, 0) is 12.3 Å². The van der Waals surface area contributed by atoms with Gasteiger partial charge in [0.15, 0.2) is 5.16 Å². The minimum atomic E-state index is -5.08. The Morgan fingerprint density at radius 1 is 1.44 bits per heavy atom. The van der Waals surface area contributed by atoms with Crippen LogP contribution in [0.3, 0.4) is 0 Å². The summed E-state index contributed by atoms with van der Waals surface area (Å²) in [5.74, 6) is -0.820. The van der Waals surface area contributed by atoms with Gasteiger partial charge in [-0.25, -0.2) is 4.98 Å². The summed E-state index contributed by atoms with van der Waals surface area (Å²) in [4.78, 5) is 28.2. The van der Waals surface area contributed by atoms with Crippen LogP contribution in [0.5, 0.6) is 5.75 Å². The summed E-state index contributed by atoms with van der Waals surface area (Å²) < 4.78 is 41.6. The molecule has 0 unspecified atom stereocenters. The van der Waals surface area contributed by atoms with Gasteiger partial charge < -0.3 is 9.72 Å². The van der Waals surface area contributed by atoms with Gasteiger partial charge in [0.25, 0.3) is 11.2 Å². The van der Waals surface area contributed by atoms with Gasteiger partial charge in [-0.3, -0.25) is 14.9 Å². The molecule has 0 amide bonds. The van der Waals surface area contributed by atoms with Crippen molar-refractivity contribution in [3.8, 4) is 23.1 Å². The number of non-ortho nitro benzene ring substituents is 1. The number of benzene rings is 1. The van der Waals surface area contributed by atoms with E-state index in [1.807, 2.05) is 0 Å². The van der Waals surface area contributed by atoms with Gasteiger partial charge in [0, 0.05) is 12.1 Å². The lowest BCUT2D eigenvalue weighted by Crippen LogP contribution is -2.19. The molecule has 0 radical (unpaired) electrons. The predicted molar refractivity (Wildman–Crippen MR) is 80.1 cm³/mol. The van der Waals surface area contributed by atoms with Crippen LogP contribution >= 0.6 is 11.8 Å². The van der Waals surface area contributed by atoms with E-state index in [9.17, 15) is 28.1 Å². The predicted octanol–water partition coefficient (Wildman–Crippen LogP) is 2.84. The molecule has 0 saturated carbocycles. The number of alkyl halides is 3. The molecular weight excluding hydrogens is 365 g/mol. The molecule has 1 aromatic carbocycles. The van der Waals surface area contributed by atoms with Gasteiger partial charge >= 0.3 is 6.36 Å². The standard InChI is InChI=1S/C13H7F3N4O4S/c1-25-12-18-10(8(5-17)11(21)19-12)7-4-6(20(22)23)2-3-9(7)24-13(14,15)16/h2-4H,1H3,(H,18,19,21). The van der Waals surface area contributed by atoms with Crippen LogP contribution < -0.4 is 10.3 Å². The van der Waals surface area contributed by atoms with Crippen molar-refractivity contribution in [2.45, 2.75) is 11.5 Å². The monoisotopic (exact) mass is 372 g/mol. The first kappa shape index (κ1) is 18.3. The molecule has 0 aliphatic carbocycles. The number of rotatable bonds is 4. The van der Waals surface area contributed by atoms with E-state index >= 15 is 0 Å². The van der Waals surface area contributed by atoms with Crippen LogP contribution in [0.1, 0.15) is 5.56 Å². The Morgan fingerprint density at radius 2 is 2.12 bits per heavy atom. The Hall–Kier alpha value is -3.07. The summed E-state index contributed by atoms with van der Waals surface area (Å²) in [6, 6.07) is 3.82. The number of halogens is 3. The number of H-pyrrole nitrogens is 1. The smallest absolute Gasteiger partial charge is 0.405 e. The summed E-state index contributed by atoms with van der Waals surface area (Å²) in [5.41, 5.74) is -2.98. The highest BCUT2D eigenvalue weighted by atomic mass is 32.2. The van der Waals surface area contributed by atoms with Crippen LogP contribution in [-0.4, -0.2) is 27.5 Å². The molecule has 1 aromatic heterocycles. The number of nitro groups is 1. The second kappa shape index (κ2) is 6.81. The number of aromatic nitrogens is 2. The summed E-state index contributed by atoms with van der Waals surface area (Å²) in [7, 11) is 0. The number of ether oxygens (including phenoxy) is 1. The van der Waals surface area contributed by atoms with Crippen LogP contribution in [0.15, 0.2) is 28.2 Å². The highest BCUT2D eigenvalue weighted by molar-refractivity contribution is 7.98. The van der Waals surface area contributed by atoms with Crippen molar-refractivity contribution in [3.63, 3.8) is 0 Å². The third kappa shape index (κ3) is 4.07. The zero-order valence-corrected chi connectivity index (χ0v) is 13.1. The fourth-order valence-corrected chi connectivity index (χ4v) is 2.26. The lowest BCUT2D eigenvalue weighted by atomic mass is 10.1. The molecular formula is C13H7F3N4O4S. The quantitative estimate of drug-likeness (QED) is 0.379. The van der Waals surface area contributed by atoms with E-state index in [-0.39, 0.29) is 5.16 Å². The van der Waals surface area contributed by atoms with Gasteiger partial charge in [-0.1, -0.05) is 11.8 Å². The molecule has 25 heavy (non-hydrogen) atoms. The highest BCUT2D eigenvalue weighted by Crippen LogP contribution is 2.36. The van der Waals surface area contributed by atoms with Crippen molar-refractivity contribution in [3.05, 3.63) is 44.2 Å². The minimum absolute atomic E-state index is 0.0171. The maximum absolute atomic E-state index is 12.6. The van der Waals surface area contributed by atoms with E-state index < -0.39 is 45.1 Å². The SMILES string of the molecule is CSc1nc(-c2cc([N+](=O)[O-])ccc2OC(F)(F)F)c(C#N)c(=O)[nH]1. The average Bonchev–Trinajstić information content (AvgIpc) is 2.52. The Labute approximate surface area is 141 Å². The molecule has 12 heteroatoms. The van der Waals surface area contributed by atoms with Crippen molar-refractivity contribution < 1.29 is 22.8 Å². The van der Waals surface area contributed by atoms with Crippen LogP contribution in [0, 0.1) is 21.4 Å². The number of hydrogen-bond donors (Lipinski definition) is 1. The van der Waals surface area contributed by atoms with E-state index in [0.29, 0.717) is 0 Å². The summed E-state index contributed by atoms with van der Waals surface area (Å²) in [6.07, 6.45) is -3.55. The first-order chi connectivity index (χ1) is 11.7. The fourth-order valence-electron chi connectivity index (χ4n) is 1.88. The molecule has 130 valence electrons. The maximum Gasteiger partial charge on any atom is 0.573 e.